The maximum atomic E-state index is 13.2. The Labute approximate surface area is 147 Å². The zero-order valence-electron chi connectivity index (χ0n) is 14.4. The Balaban J connectivity index is 1.61. The molecule has 0 aromatic heterocycles. The van der Waals surface area contributed by atoms with Crippen molar-refractivity contribution in [3.8, 4) is 0 Å². The Morgan fingerprint density at radius 3 is 2.64 bits per heavy atom. The summed E-state index contributed by atoms with van der Waals surface area (Å²) in [6, 6.07) is 15.5. The monoisotopic (exact) mass is 334 g/mol. The summed E-state index contributed by atoms with van der Waals surface area (Å²) in [7, 11) is 0. The van der Waals surface area contributed by atoms with Gasteiger partial charge in [-0.1, -0.05) is 24.3 Å². The molecule has 0 unspecified atom stereocenters. The quantitative estimate of drug-likeness (QED) is 0.922. The second kappa shape index (κ2) is 6.36. The van der Waals surface area contributed by atoms with Crippen LogP contribution in [0.4, 0.5) is 11.4 Å². The van der Waals surface area contributed by atoms with Crippen LogP contribution in [0.5, 0.6) is 0 Å². The number of para-hydroxylation sites is 1. The minimum absolute atomic E-state index is 0.0119. The third-order valence-corrected chi connectivity index (χ3v) is 5.07. The van der Waals surface area contributed by atoms with Gasteiger partial charge in [0, 0.05) is 28.9 Å². The summed E-state index contributed by atoms with van der Waals surface area (Å²) in [5, 5.41) is 2.92. The second-order valence-corrected chi connectivity index (χ2v) is 7.04. The lowest BCUT2D eigenvalue weighted by molar-refractivity contribution is -0.117. The largest absolute Gasteiger partial charge is 0.326 e. The van der Waals surface area contributed by atoms with Gasteiger partial charge in [-0.2, -0.15) is 0 Å². The van der Waals surface area contributed by atoms with Gasteiger partial charge in [-0.15, -0.1) is 0 Å². The lowest BCUT2D eigenvalue weighted by Crippen LogP contribution is -2.42. The van der Waals surface area contributed by atoms with Crippen LogP contribution in [0.1, 0.15) is 42.1 Å². The molecule has 1 atom stereocenters. The van der Waals surface area contributed by atoms with Crippen LogP contribution in [-0.2, 0) is 11.2 Å². The molecule has 0 spiro atoms. The number of hydrogen-bond donors (Lipinski definition) is 1. The third kappa shape index (κ3) is 3.16. The average Bonchev–Trinajstić information content (AvgIpc) is 3.46. The van der Waals surface area contributed by atoms with Crippen molar-refractivity contribution >= 4 is 23.2 Å². The first-order chi connectivity index (χ1) is 12.1. The zero-order valence-corrected chi connectivity index (χ0v) is 14.4. The SMILES string of the molecule is C[C@@H]1CCc2ccccc2N1C(=O)c1cccc(NC(=O)C2CC2)c1. The molecule has 1 heterocycles. The van der Waals surface area contributed by atoms with Crippen molar-refractivity contribution in [1.29, 1.82) is 0 Å². The lowest BCUT2D eigenvalue weighted by atomic mass is 9.95. The summed E-state index contributed by atoms with van der Waals surface area (Å²) >= 11 is 0. The highest BCUT2D eigenvalue weighted by atomic mass is 16.2. The average molecular weight is 334 g/mol. The number of hydrogen-bond acceptors (Lipinski definition) is 2. The summed E-state index contributed by atoms with van der Waals surface area (Å²) in [4.78, 5) is 27.0. The van der Waals surface area contributed by atoms with E-state index in [9.17, 15) is 9.59 Å². The molecule has 0 bridgehead atoms. The maximum Gasteiger partial charge on any atom is 0.258 e. The second-order valence-electron chi connectivity index (χ2n) is 7.04. The fraction of sp³-hybridized carbons (Fsp3) is 0.333. The molecular formula is C21H22N2O2. The molecule has 1 aliphatic heterocycles. The van der Waals surface area contributed by atoms with Crippen molar-refractivity contribution in [2.24, 2.45) is 5.92 Å². The van der Waals surface area contributed by atoms with E-state index in [1.807, 2.05) is 41.3 Å². The Bertz CT molecular complexity index is 826. The fourth-order valence-corrected chi connectivity index (χ4v) is 3.46. The van der Waals surface area contributed by atoms with Crippen LogP contribution in [0.15, 0.2) is 48.5 Å². The van der Waals surface area contributed by atoms with E-state index in [0.29, 0.717) is 11.3 Å². The molecule has 25 heavy (non-hydrogen) atoms. The van der Waals surface area contributed by atoms with Crippen LogP contribution >= 0.6 is 0 Å². The number of carbonyl (C=O) groups is 2. The molecule has 2 aromatic rings. The first-order valence-electron chi connectivity index (χ1n) is 8.96. The van der Waals surface area contributed by atoms with Gasteiger partial charge in [0.25, 0.3) is 5.91 Å². The molecule has 4 rings (SSSR count). The lowest BCUT2D eigenvalue weighted by Gasteiger charge is -2.35. The maximum absolute atomic E-state index is 13.2. The molecule has 2 aliphatic rings. The van der Waals surface area contributed by atoms with E-state index < -0.39 is 0 Å². The third-order valence-electron chi connectivity index (χ3n) is 5.07. The van der Waals surface area contributed by atoms with Gasteiger partial charge in [-0.3, -0.25) is 9.59 Å². The highest BCUT2D eigenvalue weighted by Crippen LogP contribution is 2.33. The highest BCUT2D eigenvalue weighted by Gasteiger charge is 2.31. The van der Waals surface area contributed by atoms with Gasteiger partial charge in [-0.05, 0) is 62.4 Å². The molecule has 1 aliphatic carbocycles. The number of benzene rings is 2. The molecule has 1 fully saturated rings. The molecule has 2 amide bonds. The van der Waals surface area contributed by atoms with Crippen LogP contribution in [-0.4, -0.2) is 17.9 Å². The molecular weight excluding hydrogens is 312 g/mol. The van der Waals surface area contributed by atoms with Crippen molar-refractivity contribution in [3.05, 3.63) is 59.7 Å². The Morgan fingerprint density at radius 1 is 1.04 bits per heavy atom. The van der Waals surface area contributed by atoms with Gasteiger partial charge in [0.05, 0.1) is 0 Å². The number of carbonyl (C=O) groups excluding carboxylic acids is 2. The number of aryl methyl sites for hydroxylation is 1. The van der Waals surface area contributed by atoms with E-state index in [0.717, 1.165) is 31.4 Å². The topological polar surface area (TPSA) is 49.4 Å². The number of nitrogens with one attached hydrogen (secondary N) is 1. The van der Waals surface area contributed by atoms with Gasteiger partial charge in [-0.25, -0.2) is 0 Å². The summed E-state index contributed by atoms with van der Waals surface area (Å²) in [6.45, 7) is 2.09. The van der Waals surface area contributed by atoms with Crippen LogP contribution in [0, 0.1) is 5.92 Å². The van der Waals surface area contributed by atoms with Crippen molar-refractivity contribution in [2.45, 2.75) is 38.6 Å². The smallest absolute Gasteiger partial charge is 0.258 e. The zero-order chi connectivity index (χ0) is 17.4. The van der Waals surface area contributed by atoms with Gasteiger partial charge in [0.2, 0.25) is 5.91 Å². The number of anilines is 2. The van der Waals surface area contributed by atoms with Crippen molar-refractivity contribution in [1.82, 2.24) is 0 Å². The molecule has 0 radical (unpaired) electrons. The van der Waals surface area contributed by atoms with Gasteiger partial charge >= 0.3 is 0 Å². The number of nitrogens with zero attached hydrogens (tertiary/aromatic N) is 1. The minimum Gasteiger partial charge on any atom is -0.326 e. The van der Waals surface area contributed by atoms with E-state index in [2.05, 4.69) is 18.3 Å². The number of rotatable bonds is 3. The van der Waals surface area contributed by atoms with Crippen molar-refractivity contribution in [2.75, 3.05) is 10.2 Å². The highest BCUT2D eigenvalue weighted by molar-refractivity contribution is 6.08. The standard InChI is InChI=1S/C21H22N2O2/c1-14-9-10-15-5-2-3-8-19(15)23(14)21(25)17-6-4-7-18(13-17)22-20(24)16-11-12-16/h2-8,13-14,16H,9-12H2,1H3,(H,22,24)/t14-/m1/s1. The predicted octanol–water partition coefficient (Wildman–Crippen LogP) is 4.02. The number of fused-ring (bicyclic) bond motifs is 1. The predicted molar refractivity (Wildman–Crippen MR) is 98.8 cm³/mol. The van der Waals surface area contributed by atoms with Gasteiger partial charge in [0.15, 0.2) is 0 Å². The molecule has 1 N–H and O–H groups in total. The first-order valence-corrected chi connectivity index (χ1v) is 8.96. The Hall–Kier alpha value is -2.62. The molecule has 2 aromatic carbocycles. The summed E-state index contributed by atoms with van der Waals surface area (Å²) in [5.41, 5.74) is 3.52. The molecule has 128 valence electrons. The van der Waals surface area contributed by atoms with Crippen LogP contribution in [0.3, 0.4) is 0 Å². The van der Waals surface area contributed by atoms with Crippen molar-refractivity contribution in [3.63, 3.8) is 0 Å². The van der Waals surface area contributed by atoms with E-state index in [1.54, 1.807) is 6.07 Å². The number of amides is 2. The van der Waals surface area contributed by atoms with Crippen molar-refractivity contribution < 1.29 is 9.59 Å². The Morgan fingerprint density at radius 2 is 1.84 bits per heavy atom. The van der Waals surface area contributed by atoms with E-state index in [1.165, 1.54) is 5.56 Å². The van der Waals surface area contributed by atoms with E-state index in [4.69, 9.17) is 0 Å². The summed E-state index contributed by atoms with van der Waals surface area (Å²) < 4.78 is 0. The van der Waals surface area contributed by atoms with Crippen LogP contribution in [0.2, 0.25) is 0 Å². The molecule has 1 saturated carbocycles. The van der Waals surface area contributed by atoms with Gasteiger partial charge in [0.1, 0.15) is 0 Å². The fourth-order valence-electron chi connectivity index (χ4n) is 3.46. The normalized spacial score (nSPS) is 19.2. The summed E-state index contributed by atoms with van der Waals surface area (Å²) in [6.07, 6.45) is 3.89. The van der Waals surface area contributed by atoms with Crippen LogP contribution in [0.25, 0.3) is 0 Å². The van der Waals surface area contributed by atoms with E-state index in [-0.39, 0.29) is 23.8 Å². The van der Waals surface area contributed by atoms with E-state index >= 15 is 0 Å². The minimum atomic E-state index is -0.0119. The van der Waals surface area contributed by atoms with Gasteiger partial charge < -0.3 is 10.2 Å². The molecule has 4 nitrogen and oxygen atoms in total. The van der Waals surface area contributed by atoms with Crippen LogP contribution < -0.4 is 10.2 Å². The first kappa shape index (κ1) is 15.9. The molecule has 0 saturated heterocycles. The summed E-state index contributed by atoms with van der Waals surface area (Å²) in [5.74, 6) is 0.191. The molecule has 4 heteroatoms. The Kier molecular flexibility index (Phi) is 4.04.